The Bertz CT molecular complexity index is 145. The van der Waals surface area contributed by atoms with E-state index in [0.29, 0.717) is 6.42 Å². The van der Waals surface area contributed by atoms with Crippen molar-refractivity contribution in [2.45, 2.75) is 36.9 Å². The highest BCUT2D eigenvalue weighted by Crippen LogP contribution is 2.26. The molecule has 12 heavy (non-hydrogen) atoms. The van der Waals surface area contributed by atoms with Crippen LogP contribution in [0, 0.1) is 0 Å². The van der Waals surface area contributed by atoms with Gasteiger partial charge in [0.05, 0.1) is 5.88 Å². The van der Waals surface area contributed by atoms with Crippen LogP contribution in [0.15, 0.2) is 0 Å². The summed E-state index contributed by atoms with van der Waals surface area (Å²) in [5.74, 6) is -0.213. The summed E-state index contributed by atoms with van der Waals surface area (Å²) in [5, 5.41) is 0. The Hall–Kier alpha value is 0.540. The van der Waals surface area contributed by atoms with Crippen molar-refractivity contribution in [3.8, 4) is 0 Å². The second-order valence-corrected chi connectivity index (χ2v) is 4.47. The third-order valence-electron chi connectivity index (χ3n) is 1.58. The molecule has 72 valence electrons. The maximum absolute atomic E-state index is 11.2. The van der Waals surface area contributed by atoms with Crippen molar-refractivity contribution in [2.24, 2.45) is 0 Å². The first-order valence-corrected chi connectivity index (χ1v) is 5.30. The van der Waals surface area contributed by atoms with Crippen molar-refractivity contribution in [2.75, 3.05) is 5.88 Å². The van der Waals surface area contributed by atoms with Crippen molar-refractivity contribution in [1.82, 2.24) is 0 Å². The van der Waals surface area contributed by atoms with Gasteiger partial charge in [-0.3, -0.25) is 4.79 Å². The fraction of sp³-hybridized carbons (Fsp3) is 0.875. The summed E-state index contributed by atoms with van der Waals surface area (Å²) in [6.07, 6.45) is 3.37. The van der Waals surface area contributed by atoms with Crippen molar-refractivity contribution < 1.29 is 4.79 Å². The van der Waals surface area contributed by atoms with Gasteiger partial charge in [-0.15, -0.1) is 11.6 Å². The first-order chi connectivity index (χ1) is 5.54. The summed E-state index contributed by atoms with van der Waals surface area (Å²) in [5.41, 5.74) is 0. The lowest BCUT2D eigenvalue weighted by Crippen LogP contribution is -2.27. The highest BCUT2D eigenvalue weighted by atomic mass is 35.5. The number of ketones is 1. The predicted molar refractivity (Wildman–Crippen MR) is 54.3 cm³/mol. The van der Waals surface area contributed by atoms with Gasteiger partial charge in [0.1, 0.15) is 0 Å². The van der Waals surface area contributed by atoms with E-state index in [-0.39, 0.29) is 11.7 Å². The number of halogens is 3. The van der Waals surface area contributed by atoms with Gasteiger partial charge in [0.2, 0.25) is 0 Å². The number of alkyl halides is 3. The summed E-state index contributed by atoms with van der Waals surface area (Å²) in [6.45, 7) is 2.07. The number of carbonyl (C=O) groups excluding carboxylic acids is 1. The molecule has 0 unspecified atom stereocenters. The topological polar surface area (TPSA) is 17.1 Å². The SMILES string of the molecule is CCCCCC(=O)C(Cl)(Cl)CCl. The second kappa shape index (κ2) is 6.06. The van der Waals surface area contributed by atoms with E-state index < -0.39 is 4.33 Å². The number of hydrogen-bond donors (Lipinski definition) is 0. The maximum atomic E-state index is 11.2. The molecule has 0 fully saturated rings. The zero-order valence-electron chi connectivity index (χ0n) is 7.08. The standard InChI is InChI=1S/C8H13Cl3O/c1-2-3-4-5-7(12)8(10,11)6-9/h2-6H2,1H3. The molecule has 0 N–H and O–H groups in total. The molecular weight excluding hydrogens is 218 g/mol. The molecule has 0 aromatic rings. The van der Waals surface area contributed by atoms with Gasteiger partial charge in [-0.1, -0.05) is 43.0 Å². The molecule has 0 bridgehead atoms. The Kier molecular flexibility index (Phi) is 6.34. The Morgan fingerprint density at radius 1 is 1.33 bits per heavy atom. The number of rotatable bonds is 6. The molecule has 0 heterocycles. The zero-order chi connectivity index (χ0) is 9.61. The summed E-state index contributed by atoms with van der Waals surface area (Å²) in [6, 6.07) is 0. The second-order valence-electron chi connectivity index (χ2n) is 2.72. The van der Waals surface area contributed by atoms with Crippen LogP contribution >= 0.6 is 34.8 Å². The minimum Gasteiger partial charge on any atom is -0.296 e. The Labute approximate surface area is 88.4 Å². The molecule has 0 aromatic heterocycles. The van der Waals surface area contributed by atoms with E-state index in [1.54, 1.807) is 0 Å². The number of carbonyl (C=O) groups is 1. The molecule has 0 amide bonds. The van der Waals surface area contributed by atoms with Gasteiger partial charge in [0, 0.05) is 6.42 Å². The van der Waals surface area contributed by atoms with Crippen LogP contribution in [-0.2, 0) is 4.79 Å². The Balaban J connectivity index is 3.72. The molecule has 0 radical (unpaired) electrons. The molecule has 0 aliphatic rings. The molecule has 0 spiro atoms. The molecule has 0 saturated heterocycles. The van der Waals surface area contributed by atoms with Crippen LogP contribution in [0.25, 0.3) is 0 Å². The van der Waals surface area contributed by atoms with Crippen molar-refractivity contribution in [3.63, 3.8) is 0 Å². The summed E-state index contributed by atoms with van der Waals surface area (Å²) in [4.78, 5) is 11.2. The van der Waals surface area contributed by atoms with Crippen molar-refractivity contribution >= 4 is 40.6 Å². The van der Waals surface area contributed by atoms with Crippen LogP contribution in [0.5, 0.6) is 0 Å². The minimum atomic E-state index is -1.38. The van der Waals surface area contributed by atoms with Gasteiger partial charge < -0.3 is 0 Å². The lowest BCUT2D eigenvalue weighted by molar-refractivity contribution is -0.119. The quantitative estimate of drug-likeness (QED) is 0.505. The highest BCUT2D eigenvalue weighted by Gasteiger charge is 2.31. The van der Waals surface area contributed by atoms with Gasteiger partial charge in [-0.2, -0.15) is 0 Å². The van der Waals surface area contributed by atoms with E-state index >= 15 is 0 Å². The summed E-state index contributed by atoms with van der Waals surface area (Å²) < 4.78 is -1.38. The van der Waals surface area contributed by atoms with Crippen LogP contribution in [0.3, 0.4) is 0 Å². The normalized spacial score (nSPS) is 11.7. The van der Waals surface area contributed by atoms with Gasteiger partial charge in [-0.25, -0.2) is 0 Å². The van der Waals surface area contributed by atoms with E-state index in [4.69, 9.17) is 34.8 Å². The molecule has 0 atom stereocenters. The Morgan fingerprint density at radius 2 is 1.92 bits per heavy atom. The number of Topliss-reactive ketones (excluding diaryl/α,β-unsaturated/α-hetero) is 1. The van der Waals surface area contributed by atoms with Gasteiger partial charge in [0.25, 0.3) is 0 Å². The molecule has 0 aliphatic heterocycles. The summed E-state index contributed by atoms with van der Waals surface area (Å²) >= 11 is 16.7. The van der Waals surface area contributed by atoms with Crippen LogP contribution in [0.4, 0.5) is 0 Å². The monoisotopic (exact) mass is 230 g/mol. The van der Waals surface area contributed by atoms with E-state index in [1.807, 2.05) is 0 Å². The van der Waals surface area contributed by atoms with Gasteiger partial charge >= 0.3 is 0 Å². The van der Waals surface area contributed by atoms with Crippen LogP contribution in [-0.4, -0.2) is 16.0 Å². The van der Waals surface area contributed by atoms with Crippen molar-refractivity contribution in [1.29, 1.82) is 0 Å². The van der Waals surface area contributed by atoms with E-state index in [9.17, 15) is 4.79 Å². The lowest BCUT2D eigenvalue weighted by atomic mass is 10.1. The molecule has 0 aromatic carbocycles. The molecule has 0 aliphatic carbocycles. The van der Waals surface area contributed by atoms with E-state index in [0.717, 1.165) is 19.3 Å². The predicted octanol–water partition coefficient (Wildman–Crippen LogP) is 3.55. The van der Waals surface area contributed by atoms with E-state index in [2.05, 4.69) is 6.92 Å². The average molecular weight is 232 g/mol. The molecule has 4 heteroatoms. The molecule has 1 nitrogen and oxygen atoms in total. The molecular formula is C8H13Cl3O. The average Bonchev–Trinajstić information content (AvgIpc) is 2.05. The number of hydrogen-bond acceptors (Lipinski definition) is 1. The van der Waals surface area contributed by atoms with Gasteiger partial charge in [-0.05, 0) is 6.42 Å². The fourth-order valence-electron chi connectivity index (χ4n) is 0.793. The zero-order valence-corrected chi connectivity index (χ0v) is 9.35. The van der Waals surface area contributed by atoms with Crippen LogP contribution in [0.2, 0.25) is 0 Å². The van der Waals surface area contributed by atoms with Crippen molar-refractivity contribution in [3.05, 3.63) is 0 Å². The number of unbranched alkanes of at least 4 members (excludes halogenated alkanes) is 2. The smallest absolute Gasteiger partial charge is 0.189 e. The van der Waals surface area contributed by atoms with E-state index in [1.165, 1.54) is 0 Å². The third kappa shape index (κ3) is 4.54. The molecule has 0 rings (SSSR count). The van der Waals surface area contributed by atoms with Crippen LogP contribution < -0.4 is 0 Å². The minimum absolute atomic E-state index is 0.0406. The van der Waals surface area contributed by atoms with Crippen LogP contribution in [0.1, 0.15) is 32.6 Å². The lowest BCUT2D eigenvalue weighted by Gasteiger charge is -2.13. The maximum Gasteiger partial charge on any atom is 0.189 e. The first-order valence-electron chi connectivity index (χ1n) is 4.01. The first kappa shape index (κ1) is 12.5. The summed E-state index contributed by atoms with van der Waals surface area (Å²) in [7, 11) is 0. The Morgan fingerprint density at radius 3 is 2.33 bits per heavy atom. The molecule has 0 saturated carbocycles. The third-order valence-corrected chi connectivity index (χ3v) is 2.95. The fourth-order valence-corrected chi connectivity index (χ4v) is 1.13. The highest BCUT2D eigenvalue weighted by molar-refractivity contribution is 6.60. The van der Waals surface area contributed by atoms with Gasteiger partial charge in [0.15, 0.2) is 10.1 Å². The largest absolute Gasteiger partial charge is 0.296 e.